The fourth-order valence-electron chi connectivity index (χ4n) is 3.09. The van der Waals surface area contributed by atoms with Crippen molar-refractivity contribution >= 4 is 28.0 Å². The number of imidazole rings is 1. The number of aliphatic carboxylic acids is 1. The molecule has 0 unspecified atom stereocenters. The van der Waals surface area contributed by atoms with Crippen LogP contribution < -0.4 is 4.90 Å². The molecule has 1 fully saturated rings. The Morgan fingerprint density at radius 1 is 1.22 bits per heavy atom. The number of rotatable bonds is 3. The first kappa shape index (κ1) is 14.3. The van der Waals surface area contributed by atoms with Crippen molar-refractivity contribution in [2.75, 3.05) is 18.0 Å². The molecule has 0 aliphatic carbocycles. The lowest BCUT2D eigenvalue weighted by atomic mass is 9.96. The van der Waals surface area contributed by atoms with E-state index in [2.05, 4.69) is 34.1 Å². The highest BCUT2D eigenvalue weighted by molar-refractivity contribution is 7.15. The van der Waals surface area contributed by atoms with Gasteiger partial charge in [-0.25, -0.2) is 4.98 Å². The largest absolute Gasteiger partial charge is 0.481 e. The van der Waals surface area contributed by atoms with Gasteiger partial charge in [0.25, 0.3) is 0 Å². The predicted octanol–water partition coefficient (Wildman–Crippen LogP) is 3.36. The molecule has 0 atom stereocenters. The second-order valence-corrected chi connectivity index (χ2v) is 6.74. The normalized spacial score (nSPS) is 16.1. The highest BCUT2D eigenvalue weighted by Crippen LogP contribution is 2.27. The summed E-state index contributed by atoms with van der Waals surface area (Å²) in [5.74, 6) is -0.858. The van der Waals surface area contributed by atoms with Crippen LogP contribution in [0.5, 0.6) is 0 Å². The molecule has 1 N–H and O–H groups in total. The first-order valence-corrected chi connectivity index (χ1v) is 8.59. The second-order valence-electron chi connectivity index (χ2n) is 5.87. The molecule has 0 saturated carbocycles. The zero-order valence-corrected chi connectivity index (χ0v) is 13.4. The summed E-state index contributed by atoms with van der Waals surface area (Å²) in [6.45, 7) is 1.60. The number of benzene rings is 1. The lowest BCUT2D eigenvalue weighted by Gasteiger charge is -2.32. The minimum atomic E-state index is -0.667. The third-order valence-corrected chi connectivity index (χ3v) is 5.24. The Hall–Kier alpha value is -2.34. The number of fused-ring (bicyclic) bond motifs is 1. The molecule has 118 valence electrons. The smallest absolute Gasteiger partial charge is 0.306 e. The molecular weight excluding hydrogens is 310 g/mol. The molecular formula is C17H17N3O2S. The van der Waals surface area contributed by atoms with Crippen LogP contribution in [0.25, 0.3) is 16.2 Å². The maximum atomic E-state index is 11.0. The summed E-state index contributed by atoms with van der Waals surface area (Å²) < 4.78 is 2.03. The van der Waals surface area contributed by atoms with Gasteiger partial charge in [-0.05, 0) is 25.0 Å². The van der Waals surface area contributed by atoms with Gasteiger partial charge in [-0.3, -0.25) is 9.20 Å². The number of hydrogen-bond donors (Lipinski definition) is 1. The molecule has 3 heterocycles. The van der Waals surface area contributed by atoms with Crippen molar-refractivity contribution in [2.24, 2.45) is 5.92 Å². The summed E-state index contributed by atoms with van der Waals surface area (Å²) in [6.07, 6.45) is 5.49. The van der Waals surface area contributed by atoms with Gasteiger partial charge in [-0.2, -0.15) is 0 Å². The lowest BCUT2D eigenvalue weighted by Crippen LogP contribution is -2.36. The fourth-order valence-corrected chi connectivity index (χ4v) is 3.79. The number of carboxylic acid groups (broad SMARTS) is 1. The van der Waals surface area contributed by atoms with Crippen LogP contribution in [0.1, 0.15) is 12.8 Å². The Morgan fingerprint density at radius 2 is 1.96 bits per heavy atom. The van der Waals surface area contributed by atoms with Crippen molar-refractivity contribution in [3.63, 3.8) is 0 Å². The summed E-state index contributed by atoms with van der Waals surface area (Å²) in [4.78, 5) is 18.9. The van der Waals surface area contributed by atoms with Crippen LogP contribution in [0, 0.1) is 5.92 Å². The van der Waals surface area contributed by atoms with E-state index in [4.69, 9.17) is 5.11 Å². The third-order valence-electron chi connectivity index (χ3n) is 4.47. The van der Waals surface area contributed by atoms with Gasteiger partial charge >= 0.3 is 5.97 Å². The summed E-state index contributed by atoms with van der Waals surface area (Å²) in [7, 11) is 0. The molecule has 2 aromatic heterocycles. The van der Waals surface area contributed by atoms with Crippen molar-refractivity contribution in [1.82, 2.24) is 9.38 Å². The SMILES string of the molecule is O=C(O)C1CCN(c2ccc(-c3cn4ccsc4n3)cc2)CC1. The molecule has 4 rings (SSSR count). The number of thiazole rings is 1. The first-order valence-electron chi connectivity index (χ1n) is 7.71. The van der Waals surface area contributed by atoms with Crippen LogP contribution in [0.15, 0.2) is 42.0 Å². The Kier molecular flexibility index (Phi) is 3.53. The van der Waals surface area contributed by atoms with E-state index in [0.29, 0.717) is 12.8 Å². The molecule has 1 saturated heterocycles. The van der Waals surface area contributed by atoms with Crippen LogP contribution in [0.4, 0.5) is 5.69 Å². The Balaban J connectivity index is 1.50. The molecule has 23 heavy (non-hydrogen) atoms. The van der Waals surface area contributed by atoms with Gasteiger partial charge < -0.3 is 10.0 Å². The predicted molar refractivity (Wildman–Crippen MR) is 91.1 cm³/mol. The topological polar surface area (TPSA) is 57.8 Å². The van der Waals surface area contributed by atoms with Gasteiger partial charge in [-0.15, -0.1) is 11.3 Å². The summed E-state index contributed by atoms with van der Waals surface area (Å²) in [6, 6.07) is 8.38. The van der Waals surface area contributed by atoms with E-state index in [0.717, 1.165) is 35.0 Å². The quantitative estimate of drug-likeness (QED) is 0.801. The number of hydrogen-bond acceptors (Lipinski definition) is 4. The van der Waals surface area contributed by atoms with Crippen LogP contribution in [0.3, 0.4) is 0 Å². The van der Waals surface area contributed by atoms with Gasteiger partial charge in [0.2, 0.25) is 0 Å². The van der Waals surface area contributed by atoms with Gasteiger partial charge in [-0.1, -0.05) is 12.1 Å². The highest BCUT2D eigenvalue weighted by atomic mass is 32.1. The molecule has 1 aliphatic rings. The van der Waals surface area contributed by atoms with Crippen molar-refractivity contribution in [2.45, 2.75) is 12.8 Å². The molecule has 0 bridgehead atoms. The Labute approximate surface area is 137 Å². The average molecular weight is 327 g/mol. The van der Waals surface area contributed by atoms with E-state index in [1.54, 1.807) is 11.3 Å². The molecule has 5 nitrogen and oxygen atoms in total. The summed E-state index contributed by atoms with van der Waals surface area (Å²) in [5, 5.41) is 11.1. The molecule has 3 aromatic rings. The number of aromatic nitrogens is 2. The van der Waals surface area contributed by atoms with Crippen molar-refractivity contribution < 1.29 is 9.90 Å². The van der Waals surface area contributed by atoms with Gasteiger partial charge in [0.1, 0.15) is 0 Å². The number of anilines is 1. The summed E-state index contributed by atoms with van der Waals surface area (Å²) >= 11 is 1.63. The zero-order valence-electron chi connectivity index (χ0n) is 12.6. The van der Waals surface area contributed by atoms with Gasteiger partial charge in [0.15, 0.2) is 4.96 Å². The molecule has 1 aromatic carbocycles. The fraction of sp³-hybridized carbons (Fsp3) is 0.294. The standard InChI is InChI=1S/C17H17N3O2S/c21-16(22)13-5-7-19(8-6-13)14-3-1-12(2-4-14)15-11-20-9-10-23-17(20)18-15/h1-4,9-11,13H,5-8H2,(H,21,22). The van der Waals surface area contributed by atoms with Crippen molar-refractivity contribution in [3.05, 3.63) is 42.0 Å². The number of nitrogens with zero attached hydrogens (tertiary/aromatic N) is 3. The maximum absolute atomic E-state index is 11.0. The third kappa shape index (κ3) is 2.70. The van der Waals surface area contributed by atoms with Gasteiger partial charge in [0, 0.05) is 42.1 Å². The van der Waals surface area contributed by atoms with E-state index >= 15 is 0 Å². The number of piperidine rings is 1. The van der Waals surface area contributed by atoms with Crippen LogP contribution in [-0.2, 0) is 4.79 Å². The van der Waals surface area contributed by atoms with E-state index in [9.17, 15) is 4.79 Å². The highest BCUT2D eigenvalue weighted by Gasteiger charge is 2.24. The van der Waals surface area contributed by atoms with Crippen molar-refractivity contribution in [1.29, 1.82) is 0 Å². The molecule has 6 heteroatoms. The Bertz CT molecular complexity index is 801. The van der Waals surface area contributed by atoms with Gasteiger partial charge in [0.05, 0.1) is 11.6 Å². The minimum Gasteiger partial charge on any atom is -0.481 e. The molecule has 0 amide bonds. The van der Waals surface area contributed by atoms with E-state index < -0.39 is 5.97 Å². The minimum absolute atomic E-state index is 0.191. The first-order chi connectivity index (χ1) is 11.2. The average Bonchev–Trinajstić information content (AvgIpc) is 3.17. The maximum Gasteiger partial charge on any atom is 0.306 e. The van der Waals surface area contributed by atoms with Crippen molar-refractivity contribution in [3.8, 4) is 11.3 Å². The zero-order chi connectivity index (χ0) is 15.8. The molecule has 1 aliphatic heterocycles. The Morgan fingerprint density at radius 3 is 2.61 bits per heavy atom. The molecule has 0 spiro atoms. The second kappa shape index (κ2) is 5.70. The van der Waals surface area contributed by atoms with E-state index in [1.807, 2.05) is 22.2 Å². The van der Waals surface area contributed by atoms with Crippen LogP contribution >= 0.6 is 11.3 Å². The lowest BCUT2D eigenvalue weighted by molar-refractivity contribution is -0.142. The number of carboxylic acids is 1. The number of carbonyl (C=O) groups is 1. The molecule has 0 radical (unpaired) electrons. The monoisotopic (exact) mass is 327 g/mol. The van der Waals surface area contributed by atoms with Crippen LogP contribution in [-0.4, -0.2) is 33.6 Å². The van der Waals surface area contributed by atoms with E-state index in [1.165, 1.54) is 0 Å². The summed E-state index contributed by atoms with van der Waals surface area (Å²) in [5.41, 5.74) is 3.23. The van der Waals surface area contributed by atoms with Crippen LogP contribution in [0.2, 0.25) is 0 Å². The van der Waals surface area contributed by atoms with E-state index in [-0.39, 0.29) is 5.92 Å².